The van der Waals surface area contributed by atoms with Gasteiger partial charge >= 0.3 is 0 Å². The Balaban J connectivity index is 3.10. The van der Waals surface area contributed by atoms with Gasteiger partial charge in [0.05, 0.1) is 11.1 Å². The second-order valence-electron chi connectivity index (χ2n) is 2.14. The van der Waals surface area contributed by atoms with E-state index in [0.717, 1.165) is 0 Å². The Morgan fingerprint density at radius 3 is 2.92 bits per heavy atom. The second kappa shape index (κ2) is 3.80. The van der Waals surface area contributed by atoms with E-state index in [2.05, 4.69) is 0 Å². The summed E-state index contributed by atoms with van der Waals surface area (Å²) in [6.07, 6.45) is 2.78. The van der Waals surface area contributed by atoms with Gasteiger partial charge in [0, 0.05) is 11.6 Å². The first-order chi connectivity index (χ1) is 5.75. The maximum Gasteiger partial charge on any atom is 0.141 e. The highest BCUT2D eigenvalue weighted by molar-refractivity contribution is 6.32. The van der Waals surface area contributed by atoms with Crippen LogP contribution < -0.4 is 0 Å². The molecule has 0 saturated heterocycles. The van der Waals surface area contributed by atoms with Crippen LogP contribution in [0.1, 0.15) is 5.56 Å². The average Bonchev–Trinajstić information content (AvgIpc) is 2.08. The lowest BCUT2D eigenvalue weighted by Gasteiger charge is -1.98. The summed E-state index contributed by atoms with van der Waals surface area (Å²) in [7, 11) is 0. The molecule has 0 aliphatic carbocycles. The first kappa shape index (κ1) is 8.63. The third-order valence-electron chi connectivity index (χ3n) is 1.36. The number of benzene rings is 1. The number of hydrogen-bond acceptors (Lipinski definition) is 2. The Morgan fingerprint density at radius 2 is 2.25 bits per heavy atom. The number of phenols is 1. The van der Waals surface area contributed by atoms with Crippen molar-refractivity contribution in [3.63, 3.8) is 0 Å². The largest absolute Gasteiger partial charge is 0.506 e. The summed E-state index contributed by atoms with van der Waals surface area (Å²) in [4.78, 5) is 0. The fourth-order valence-corrected chi connectivity index (χ4v) is 0.975. The predicted octanol–water partition coefficient (Wildman–Crippen LogP) is 2.58. The molecule has 1 rings (SSSR count). The van der Waals surface area contributed by atoms with Gasteiger partial charge in [-0.25, -0.2) is 0 Å². The van der Waals surface area contributed by atoms with E-state index in [1.807, 2.05) is 6.07 Å². The number of para-hydroxylation sites is 1. The number of rotatable bonds is 1. The van der Waals surface area contributed by atoms with Crippen molar-refractivity contribution in [2.24, 2.45) is 0 Å². The molecule has 0 unspecified atom stereocenters. The van der Waals surface area contributed by atoms with Gasteiger partial charge in [0.2, 0.25) is 0 Å². The first-order valence-electron chi connectivity index (χ1n) is 3.29. The summed E-state index contributed by atoms with van der Waals surface area (Å²) in [6, 6.07) is 6.80. The molecule has 2 nitrogen and oxygen atoms in total. The smallest absolute Gasteiger partial charge is 0.141 e. The standard InChI is InChI=1S/C9H6ClNO/c10-8-5-1-3-7(9(8)12)4-2-6-11/h1-5,12H. The normalized spacial score (nSPS) is 10.0. The number of allylic oxidation sites excluding steroid dienone is 1. The van der Waals surface area contributed by atoms with Crippen LogP contribution in [0.4, 0.5) is 0 Å². The van der Waals surface area contributed by atoms with Crippen molar-refractivity contribution in [1.82, 2.24) is 0 Å². The molecule has 60 valence electrons. The highest BCUT2D eigenvalue weighted by Crippen LogP contribution is 2.27. The van der Waals surface area contributed by atoms with E-state index in [1.165, 1.54) is 12.2 Å². The quantitative estimate of drug-likeness (QED) is 0.674. The minimum absolute atomic E-state index is 0.00525. The molecule has 0 aromatic heterocycles. The van der Waals surface area contributed by atoms with Crippen LogP contribution in [0.5, 0.6) is 5.75 Å². The van der Waals surface area contributed by atoms with E-state index in [9.17, 15) is 5.11 Å². The lowest BCUT2D eigenvalue weighted by atomic mass is 10.2. The number of phenolic OH excluding ortho intramolecular Hbond substituents is 1. The summed E-state index contributed by atoms with van der Waals surface area (Å²) in [5.74, 6) is 0.00525. The number of aromatic hydroxyl groups is 1. The molecule has 0 heterocycles. The fraction of sp³-hybridized carbons (Fsp3) is 0. The molecule has 0 fully saturated rings. The Kier molecular flexibility index (Phi) is 2.73. The van der Waals surface area contributed by atoms with Gasteiger partial charge < -0.3 is 5.11 Å². The summed E-state index contributed by atoms with van der Waals surface area (Å²) < 4.78 is 0. The van der Waals surface area contributed by atoms with Crippen LogP contribution in [-0.4, -0.2) is 5.11 Å². The van der Waals surface area contributed by atoms with Gasteiger partial charge in [-0.2, -0.15) is 5.26 Å². The monoisotopic (exact) mass is 179 g/mol. The molecule has 0 bridgehead atoms. The van der Waals surface area contributed by atoms with E-state index in [-0.39, 0.29) is 10.8 Å². The van der Waals surface area contributed by atoms with E-state index < -0.39 is 0 Å². The molecule has 0 radical (unpaired) electrons. The Bertz CT molecular complexity index is 352. The molecule has 0 amide bonds. The van der Waals surface area contributed by atoms with Gasteiger partial charge in [-0.15, -0.1) is 0 Å². The van der Waals surface area contributed by atoms with E-state index >= 15 is 0 Å². The third kappa shape index (κ3) is 1.77. The molecule has 3 heteroatoms. The third-order valence-corrected chi connectivity index (χ3v) is 1.66. The van der Waals surface area contributed by atoms with Gasteiger partial charge in [0.15, 0.2) is 0 Å². The van der Waals surface area contributed by atoms with Gasteiger partial charge in [0.25, 0.3) is 0 Å². The zero-order valence-electron chi connectivity index (χ0n) is 6.16. The number of nitrogens with zero attached hydrogens (tertiary/aromatic N) is 1. The molecule has 0 saturated carbocycles. The molecule has 1 aromatic rings. The summed E-state index contributed by atoms with van der Waals surface area (Å²) in [6.45, 7) is 0. The van der Waals surface area contributed by atoms with Crippen LogP contribution in [-0.2, 0) is 0 Å². The Morgan fingerprint density at radius 1 is 1.50 bits per heavy atom. The van der Waals surface area contributed by atoms with Crippen molar-refractivity contribution in [2.45, 2.75) is 0 Å². The SMILES string of the molecule is N#CC=Cc1cccc(Cl)c1O. The van der Waals surface area contributed by atoms with Crippen molar-refractivity contribution in [3.8, 4) is 11.8 Å². The number of halogens is 1. The van der Waals surface area contributed by atoms with Crippen molar-refractivity contribution in [1.29, 1.82) is 5.26 Å². The van der Waals surface area contributed by atoms with Crippen LogP contribution in [0.15, 0.2) is 24.3 Å². The highest BCUT2D eigenvalue weighted by atomic mass is 35.5. The predicted molar refractivity (Wildman–Crippen MR) is 47.8 cm³/mol. The summed E-state index contributed by atoms with van der Waals surface area (Å²) >= 11 is 5.63. The molecule has 1 N–H and O–H groups in total. The zero-order chi connectivity index (χ0) is 8.97. The fourth-order valence-electron chi connectivity index (χ4n) is 0.794. The van der Waals surface area contributed by atoms with Gasteiger partial charge in [-0.05, 0) is 12.1 Å². The minimum Gasteiger partial charge on any atom is -0.506 e. The number of hydrogen-bond donors (Lipinski definition) is 1. The molecule has 0 aliphatic rings. The lowest BCUT2D eigenvalue weighted by Crippen LogP contribution is -1.74. The zero-order valence-corrected chi connectivity index (χ0v) is 6.92. The lowest BCUT2D eigenvalue weighted by molar-refractivity contribution is 0.474. The number of nitriles is 1. The van der Waals surface area contributed by atoms with Crippen LogP contribution in [0.3, 0.4) is 0 Å². The topological polar surface area (TPSA) is 44.0 Å². The van der Waals surface area contributed by atoms with Crippen molar-refractivity contribution >= 4 is 17.7 Å². The van der Waals surface area contributed by atoms with Gasteiger partial charge in [0.1, 0.15) is 5.75 Å². The molecule has 0 atom stereocenters. The van der Waals surface area contributed by atoms with Crippen LogP contribution in [0.2, 0.25) is 5.02 Å². The first-order valence-corrected chi connectivity index (χ1v) is 3.67. The van der Waals surface area contributed by atoms with Crippen LogP contribution in [0.25, 0.3) is 6.08 Å². The molecule has 0 spiro atoms. The van der Waals surface area contributed by atoms with Gasteiger partial charge in [-0.3, -0.25) is 0 Å². The molecule has 1 aromatic carbocycles. The molecule has 12 heavy (non-hydrogen) atoms. The highest BCUT2D eigenvalue weighted by Gasteiger charge is 2.00. The van der Waals surface area contributed by atoms with Crippen LogP contribution in [0, 0.1) is 11.3 Å². The molecule has 0 aliphatic heterocycles. The summed E-state index contributed by atoms with van der Waals surface area (Å²) in [5, 5.41) is 17.9. The molecular weight excluding hydrogens is 174 g/mol. The van der Waals surface area contributed by atoms with E-state index in [0.29, 0.717) is 5.56 Å². The summed E-state index contributed by atoms with van der Waals surface area (Å²) in [5.41, 5.74) is 0.545. The maximum absolute atomic E-state index is 9.33. The van der Waals surface area contributed by atoms with E-state index in [4.69, 9.17) is 16.9 Å². The second-order valence-corrected chi connectivity index (χ2v) is 2.55. The molecular formula is C9H6ClNO. The minimum atomic E-state index is 0.00525. The Labute approximate surface area is 75.3 Å². The average molecular weight is 180 g/mol. The maximum atomic E-state index is 9.33. The van der Waals surface area contributed by atoms with Gasteiger partial charge in [-0.1, -0.05) is 23.7 Å². The Hall–Kier alpha value is -1.46. The van der Waals surface area contributed by atoms with Crippen LogP contribution >= 0.6 is 11.6 Å². The van der Waals surface area contributed by atoms with Crippen molar-refractivity contribution in [3.05, 3.63) is 34.9 Å². The van der Waals surface area contributed by atoms with Crippen molar-refractivity contribution in [2.75, 3.05) is 0 Å². The van der Waals surface area contributed by atoms with Crippen molar-refractivity contribution < 1.29 is 5.11 Å². The van der Waals surface area contributed by atoms with E-state index in [1.54, 1.807) is 18.2 Å².